The topological polar surface area (TPSA) is 82.5 Å². The van der Waals surface area contributed by atoms with E-state index in [1.165, 1.54) is 11.8 Å². The SMILES string of the molecule is Cc1noc(CSc2nnnn2CC(C)C)n1. The second-order valence-electron chi connectivity index (χ2n) is 4.06. The van der Waals surface area contributed by atoms with Crippen LogP contribution in [-0.2, 0) is 12.3 Å². The third-order valence-electron chi connectivity index (χ3n) is 1.93. The predicted molar refractivity (Wildman–Crippen MR) is 61.3 cm³/mol. The van der Waals surface area contributed by atoms with E-state index >= 15 is 0 Å². The molecule has 0 unspecified atom stereocenters. The van der Waals surface area contributed by atoms with Crippen LogP contribution in [0.4, 0.5) is 0 Å². The average Bonchev–Trinajstić information content (AvgIpc) is 2.84. The van der Waals surface area contributed by atoms with Gasteiger partial charge in [-0.05, 0) is 23.3 Å². The minimum Gasteiger partial charge on any atom is -0.338 e. The Morgan fingerprint density at radius 1 is 1.41 bits per heavy atom. The van der Waals surface area contributed by atoms with Gasteiger partial charge in [0.15, 0.2) is 5.82 Å². The molecular formula is C9H14N6OS. The van der Waals surface area contributed by atoms with Crippen LogP contribution in [0.5, 0.6) is 0 Å². The summed E-state index contributed by atoms with van der Waals surface area (Å²) in [7, 11) is 0. The van der Waals surface area contributed by atoms with E-state index < -0.39 is 0 Å². The van der Waals surface area contributed by atoms with Gasteiger partial charge in [-0.15, -0.1) is 5.10 Å². The van der Waals surface area contributed by atoms with Gasteiger partial charge in [-0.3, -0.25) is 0 Å². The summed E-state index contributed by atoms with van der Waals surface area (Å²) in [4.78, 5) is 4.12. The molecule has 2 heterocycles. The molecule has 0 bridgehead atoms. The molecule has 0 aliphatic heterocycles. The van der Waals surface area contributed by atoms with Gasteiger partial charge in [0.25, 0.3) is 0 Å². The number of hydrogen-bond acceptors (Lipinski definition) is 7. The van der Waals surface area contributed by atoms with Crippen LogP contribution < -0.4 is 0 Å². The fraction of sp³-hybridized carbons (Fsp3) is 0.667. The van der Waals surface area contributed by atoms with E-state index in [4.69, 9.17) is 4.52 Å². The minimum atomic E-state index is 0.503. The molecule has 2 aromatic rings. The van der Waals surface area contributed by atoms with E-state index in [0.717, 1.165) is 11.7 Å². The van der Waals surface area contributed by atoms with Gasteiger partial charge in [-0.25, -0.2) is 4.68 Å². The van der Waals surface area contributed by atoms with Crippen molar-refractivity contribution < 1.29 is 4.52 Å². The summed E-state index contributed by atoms with van der Waals surface area (Å²) < 4.78 is 6.81. The molecule has 17 heavy (non-hydrogen) atoms. The van der Waals surface area contributed by atoms with Crippen LogP contribution in [0.2, 0.25) is 0 Å². The van der Waals surface area contributed by atoms with Crippen LogP contribution in [0.15, 0.2) is 9.68 Å². The maximum atomic E-state index is 5.02. The molecule has 0 aliphatic rings. The van der Waals surface area contributed by atoms with E-state index in [-0.39, 0.29) is 0 Å². The lowest BCUT2D eigenvalue weighted by Gasteiger charge is -2.05. The van der Waals surface area contributed by atoms with E-state index in [1.54, 1.807) is 11.6 Å². The van der Waals surface area contributed by atoms with Crippen LogP contribution >= 0.6 is 11.8 Å². The number of thioether (sulfide) groups is 1. The molecule has 2 rings (SSSR count). The summed E-state index contributed by atoms with van der Waals surface area (Å²) in [5, 5.41) is 16.1. The monoisotopic (exact) mass is 254 g/mol. The van der Waals surface area contributed by atoms with Gasteiger partial charge < -0.3 is 4.52 Å². The Labute approximate surface area is 103 Å². The molecule has 0 fully saturated rings. The van der Waals surface area contributed by atoms with Crippen molar-refractivity contribution in [3.63, 3.8) is 0 Å². The first-order valence-electron chi connectivity index (χ1n) is 5.33. The largest absolute Gasteiger partial charge is 0.338 e. The van der Waals surface area contributed by atoms with Crippen LogP contribution in [0.25, 0.3) is 0 Å². The molecule has 92 valence electrons. The van der Waals surface area contributed by atoms with E-state index in [1.807, 2.05) is 0 Å². The Bertz CT molecular complexity index is 479. The normalized spacial score (nSPS) is 11.3. The van der Waals surface area contributed by atoms with Crippen LogP contribution in [-0.4, -0.2) is 30.3 Å². The molecule has 2 aromatic heterocycles. The van der Waals surface area contributed by atoms with Gasteiger partial charge in [-0.1, -0.05) is 30.8 Å². The zero-order valence-electron chi connectivity index (χ0n) is 9.99. The molecule has 7 nitrogen and oxygen atoms in total. The Morgan fingerprint density at radius 2 is 2.24 bits per heavy atom. The minimum absolute atomic E-state index is 0.503. The average molecular weight is 254 g/mol. The van der Waals surface area contributed by atoms with Crippen molar-refractivity contribution in [3.8, 4) is 0 Å². The Morgan fingerprint density at radius 3 is 2.88 bits per heavy atom. The van der Waals surface area contributed by atoms with Crippen LogP contribution in [0.1, 0.15) is 25.6 Å². The summed E-state index contributed by atoms with van der Waals surface area (Å²) in [6.07, 6.45) is 0. The number of aryl methyl sites for hydroxylation is 1. The highest BCUT2D eigenvalue weighted by atomic mass is 32.2. The predicted octanol–water partition coefficient (Wildman–Crippen LogP) is 1.31. The number of tetrazole rings is 1. The number of nitrogens with zero attached hydrogens (tertiary/aromatic N) is 6. The highest BCUT2D eigenvalue weighted by Crippen LogP contribution is 2.19. The summed E-state index contributed by atoms with van der Waals surface area (Å²) in [5.41, 5.74) is 0. The molecule has 0 amide bonds. The molecule has 8 heteroatoms. The van der Waals surface area contributed by atoms with Gasteiger partial charge in [0, 0.05) is 6.54 Å². The van der Waals surface area contributed by atoms with Crippen molar-refractivity contribution in [2.45, 2.75) is 38.2 Å². The van der Waals surface area contributed by atoms with Gasteiger partial charge in [0.1, 0.15) is 0 Å². The smallest absolute Gasteiger partial charge is 0.237 e. The van der Waals surface area contributed by atoms with Gasteiger partial charge in [0.05, 0.1) is 5.75 Å². The number of rotatable bonds is 5. The standard InChI is InChI=1S/C9H14N6OS/c1-6(2)4-15-9(11-13-14-15)17-5-8-10-7(3)12-16-8/h6H,4-5H2,1-3H3. The lowest BCUT2D eigenvalue weighted by atomic mass is 10.2. The Hall–Kier alpha value is -1.44. The van der Waals surface area contributed by atoms with E-state index in [2.05, 4.69) is 39.5 Å². The maximum absolute atomic E-state index is 5.02. The Balaban J connectivity index is 1.97. The van der Waals surface area contributed by atoms with Crippen molar-refractivity contribution in [2.24, 2.45) is 5.92 Å². The molecule has 0 aromatic carbocycles. The Kier molecular flexibility index (Phi) is 3.72. The van der Waals surface area contributed by atoms with Crippen molar-refractivity contribution in [1.82, 2.24) is 30.3 Å². The van der Waals surface area contributed by atoms with Gasteiger partial charge in [-0.2, -0.15) is 4.98 Å². The summed E-state index contributed by atoms with van der Waals surface area (Å²) in [6, 6.07) is 0. The summed E-state index contributed by atoms with van der Waals surface area (Å²) >= 11 is 1.49. The van der Waals surface area contributed by atoms with E-state index in [0.29, 0.717) is 23.4 Å². The van der Waals surface area contributed by atoms with Crippen molar-refractivity contribution >= 4 is 11.8 Å². The first-order valence-corrected chi connectivity index (χ1v) is 6.32. The van der Waals surface area contributed by atoms with Crippen molar-refractivity contribution in [1.29, 1.82) is 0 Å². The van der Waals surface area contributed by atoms with E-state index in [9.17, 15) is 0 Å². The maximum Gasteiger partial charge on any atom is 0.237 e. The molecule has 0 N–H and O–H groups in total. The number of hydrogen-bond donors (Lipinski definition) is 0. The molecule has 0 spiro atoms. The molecule has 0 saturated carbocycles. The highest BCUT2D eigenvalue weighted by Gasteiger charge is 2.10. The van der Waals surface area contributed by atoms with Crippen molar-refractivity contribution in [2.75, 3.05) is 0 Å². The molecule has 0 atom stereocenters. The molecule has 0 aliphatic carbocycles. The number of aromatic nitrogens is 6. The summed E-state index contributed by atoms with van der Waals surface area (Å²) in [5.74, 6) is 2.32. The van der Waals surface area contributed by atoms with Crippen LogP contribution in [0.3, 0.4) is 0 Å². The second-order valence-corrected chi connectivity index (χ2v) is 5.00. The molecular weight excluding hydrogens is 240 g/mol. The molecule has 0 radical (unpaired) electrons. The second kappa shape index (κ2) is 5.26. The van der Waals surface area contributed by atoms with Gasteiger partial charge >= 0.3 is 0 Å². The van der Waals surface area contributed by atoms with Crippen molar-refractivity contribution in [3.05, 3.63) is 11.7 Å². The van der Waals surface area contributed by atoms with Gasteiger partial charge in [0.2, 0.25) is 11.0 Å². The zero-order chi connectivity index (χ0) is 12.3. The quantitative estimate of drug-likeness (QED) is 0.744. The first kappa shape index (κ1) is 12.0. The molecule has 0 saturated heterocycles. The highest BCUT2D eigenvalue weighted by molar-refractivity contribution is 7.98. The zero-order valence-corrected chi connectivity index (χ0v) is 10.8. The fourth-order valence-electron chi connectivity index (χ4n) is 1.29. The third-order valence-corrected chi connectivity index (χ3v) is 2.87. The fourth-order valence-corrected chi connectivity index (χ4v) is 2.01. The summed E-state index contributed by atoms with van der Waals surface area (Å²) in [6.45, 7) is 6.84. The first-order chi connectivity index (χ1) is 8.15. The lowest BCUT2D eigenvalue weighted by molar-refractivity contribution is 0.386. The van der Waals surface area contributed by atoms with Crippen LogP contribution in [0, 0.1) is 12.8 Å². The third kappa shape index (κ3) is 3.26. The lowest BCUT2D eigenvalue weighted by Crippen LogP contribution is -2.07.